The number of carbonyl (C=O) groups excluding carboxylic acids is 2. The average molecular weight is 417 g/mol. The van der Waals surface area contributed by atoms with Gasteiger partial charge in [0.1, 0.15) is 5.82 Å². The average Bonchev–Trinajstić information content (AvgIpc) is 2.65. The van der Waals surface area contributed by atoms with Gasteiger partial charge in [-0.2, -0.15) is 0 Å². The second-order valence-corrected chi connectivity index (χ2v) is 6.37. The van der Waals surface area contributed by atoms with Crippen LogP contribution in [0.3, 0.4) is 0 Å². The molecule has 2 amide bonds. The molecule has 0 aromatic heterocycles. The SMILES string of the molecule is CCCN(CC(=O)Nc1ccc(F)c(F)c1F)C(=O)Cc1c(F)cccc1Cl. The van der Waals surface area contributed by atoms with Crippen LogP contribution in [0, 0.1) is 23.3 Å². The van der Waals surface area contributed by atoms with E-state index in [-0.39, 0.29) is 23.6 Å². The molecule has 2 aromatic rings. The largest absolute Gasteiger partial charge is 0.333 e. The van der Waals surface area contributed by atoms with Gasteiger partial charge in [0.25, 0.3) is 0 Å². The number of nitrogens with one attached hydrogen (secondary N) is 1. The molecule has 1 N–H and O–H groups in total. The van der Waals surface area contributed by atoms with Crippen molar-refractivity contribution in [3.05, 3.63) is 64.2 Å². The molecule has 0 unspecified atom stereocenters. The number of amides is 2. The highest BCUT2D eigenvalue weighted by molar-refractivity contribution is 6.31. The van der Waals surface area contributed by atoms with Gasteiger partial charge in [-0.25, -0.2) is 17.6 Å². The van der Waals surface area contributed by atoms with Crippen LogP contribution in [0.1, 0.15) is 18.9 Å². The van der Waals surface area contributed by atoms with Crippen molar-refractivity contribution in [2.45, 2.75) is 19.8 Å². The summed E-state index contributed by atoms with van der Waals surface area (Å²) in [6.07, 6.45) is 0.141. The number of hydrogen-bond donors (Lipinski definition) is 1. The van der Waals surface area contributed by atoms with Crippen molar-refractivity contribution >= 4 is 29.1 Å². The van der Waals surface area contributed by atoms with Gasteiger partial charge in [0.15, 0.2) is 17.5 Å². The van der Waals surface area contributed by atoms with Gasteiger partial charge in [-0.05, 0) is 30.7 Å². The monoisotopic (exact) mass is 416 g/mol. The Kier molecular flexibility index (Phi) is 7.39. The van der Waals surface area contributed by atoms with Crippen LogP contribution >= 0.6 is 11.6 Å². The highest BCUT2D eigenvalue weighted by Gasteiger charge is 2.21. The summed E-state index contributed by atoms with van der Waals surface area (Å²) in [5.74, 6) is -6.67. The molecule has 150 valence electrons. The molecular weight excluding hydrogens is 400 g/mol. The minimum Gasteiger partial charge on any atom is -0.333 e. The Morgan fingerprint density at radius 2 is 1.75 bits per heavy atom. The summed E-state index contributed by atoms with van der Waals surface area (Å²) in [6.45, 7) is 1.47. The molecular formula is C19H17ClF4N2O2. The van der Waals surface area contributed by atoms with Crippen LogP contribution in [0.4, 0.5) is 23.2 Å². The number of hydrogen-bond acceptors (Lipinski definition) is 2. The maximum atomic E-state index is 13.9. The fraction of sp³-hybridized carbons (Fsp3) is 0.263. The van der Waals surface area contributed by atoms with Gasteiger partial charge in [-0.15, -0.1) is 0 Å². The van der Waals surface area contributed by atoms with Gasteiger partial charge < -0.3 is 10.2 Å². The first-order chi connectivity index (χ1) is 13.2. The number of rotatable bonds is 7. The van der Waals surface area contributed by atoms with E-state index in [0.29, 0.717) is 12.5 Å². The number of anilines is 1. The highest BCUT2D eigenvalue weighted by atomic mass is 35.5. The molecule has 0 saturated heterocycles. The zero-order valence-corrected chi connectivity index (χ0v) is 15.6. The van der Waals surface area contributed by atoms with Crippen molar-refractivity contribution in [1.29, 1.82) is 0 Å². The van der Waals surface area contributed by atoms with Gasteiger partial charge in [0.05, 0.1) is 18.7 Å². The molecule has 2 rings (SSSR count). The van der Waals surface area contributed by atoms with Crippen molar-refractivity contribution < 1.29 is 27.2 Å². The van der Waals surface area contributed by atoms with E-state index < -0.39 is 47.3 Å². The van der Waals surface area contributed by atoms with E-state index >= 15 is 0 Å². The quantitative estimate of drug-likeness (QED) is 0.540. The van der Waals surface area contributed by atoms with Crippen LogP contribution in [-0.4, -0.2) is 29.8 Å². The van der Waals surface area contributed by atoms with Crippen molar-refractivity contribution in [3.8, 4) is 0 Å². The first kappa shape index (κ1) is 21.7. The Hall–Kier alpha value is -2.61. The lowest BCUT2D eigenvalue weighted by molar-refractivity contribution is -0.134. The topological polar surface area (TPSA) is 49.4 Å². The van der Waals surface area contributed by atoms with E-state index in [4.69, 9.17) is 11.6 Å². The van der Waals surface area contributed by atoms with Crippen molar-refractivity contribution in [2.75, 3.05) is 18.4 Å². The van der Waals surface area contributed by atoms with E-state index in [1.165, 1.54) is 12.1 Å². The Balaban J connectivity index is 2.10. The zero-order chi connectivity index (χ0) is 20.8. The Bertz CT molecular complexity index is 872. The van der Waals surface area contributed by atoms with E-state index in [2.05, 4.69) is 5.32 Å². The van der Waals surface area contributed by atoms with E-state index in [1.807, 2.05) is 0 Å². The van der Waals surface area contributed by atoms with Crippen LogP contribution in [0.2, 0.25) is 5.02 Å². The molecule has 28 heavy (non-hydrogen) atoms. The molecule has 0 saturated carbocycles. The van der Waals surface area contributed by atoms with Crippen molar-refractivity contribution in [3.63, 3.8) is 0 Å². The summed E-state index contributed by atoms with van der Waals surface area (Å²) in [7, 11) is 0. The lowest BCUT2D eigenvalue weighted by Crippen LogP contribution is -2.39. The third-order valence-corrected chi connectivity index (χ3v) is 4.23. The Labute approximate surface area is 164 Å². The lowest BCUT2D eigenvalue weighted by atomic mass is 10.1. The van der Waals surface area contributed by atoms with Crippen LogP contribution in [0.15, 0.2) is 30.3 Å². The van der Waals surface area contributed by atoms with Gasteiger partial charge in [-0.3, -0.25) is 9.59 Å². The van der Waals surface area contributed by atoms with Gasteiger partial charge >= 0.3 is 0 Å². The fourth-order valence-electron chi connectivity index (χ4n) is 2.51. The summed E-state index contributed by atoms with van der Waals surface area (Å²) >= 11 is 5.92. The maximum absolute atomic E-state index is 13.9. The first-order valence-corrected chi connectivity index (χ1v) is 8.76. The predicted molar refractivity (Wildman–Crippen MR) is 96.9 cm³/mol. The Morgan fingerprint density at radius 1 is 1.04 bits per heavy atom. The van der Waals surface area contributed by atoms with Crippen molar-refractivity contribution in [1.82, 2.24) is 4.90 Å². The maximum Gasteiger partial charge on any atom is 0.244 e. The molecule has 0 aliphatic carbocycles. The van der Waals surface area contributed by atoms with Gasteiger partial charge in [0, 0.05) is 17.1 Å². The minimum atomic E-state index is -1.71. The molecule has 0 radical (unpaired) electrons. The normalized spacial score (nSPS) is 10.6. The second-order valence-electron chi connectivity index (χ2n) is 5.96. The van der Waals surface area contributed by atoms with E-state index in [1.54, 1.807) is 6.92 Å². The molecule has 0 aliphatic rings. The van der Waals surface area contributed by atoms with Gasteiger partial charge in [0.2, 0.25) is 11.8 Å². The van der Waals surface area contributed by atoms with Crippen LogP contribution in [0.25, 0.3) is 0 Å². The molecule has 0 aliphatic heterocycles. The number of carbonyl (C=O) groups is 2. The van der Waals surface area contributed by atoms with Gasteiger partial charge in [-0.1, -0.05) is 24.6 Å². The summed E-state index contributed by atoms with van der Waals surface area (Å²) in [4.78, 5) is 25.8. The summed E-state index contributed by atoms with van der Waals surface area (Å²) in [5, 5.41) is 2.18. The molecule has 4 nitrogen and oxygen atoms in total. The number of nitrogens with zero attached hydrogens (tertiary/aromatic N) is 1. The van der Waals surface area contributed by atoms with Crippen LogP contribution in [-0.2, 0) is 16.0 Å². The predicted octanol–water partition coefficient (Wildman–Crippen LogP) is 4.32. The summed E-state index contributed by atoms with van der Waals surface area (Å²) in [5.41, 5.74) is -0.549. The number of halogens is 5. The molecule has 9 heteroatoms. The first-order valence-electron chi connectivity index (χ1n) is 8.38. The zero-order valence-electron chi connectivity index (χ0n) is 14.9. The van der Waals surface area contributed by atoms with Crippen LogP contribution in [0.5, 0.6) is 0 Å². The fourth-order valence-corrected chi connectivity index (χ4v) is 2.74. The Morgan fingerprint density at radius 3 is 2.39 bits per heavy atom. The molecule has 0 spiro atoms. The van der Waals surface area contributed by atoms with E-state index in [0.717, 1.165) is 17.0 Å². The third kappa shape index (κ3) is 5.22. The molecule has 0 fully saturated rings. The molecule has 0 bridgehead atoms. The summed E-state index contributed by atoms with van der Waals surface area (Å²) in [6, 6.07) is 5.55. The lowest BCUT2D eigenvalue weighted by Gasteiger charge is -2.22. The minimum absolute atomic E-state index is 0.00216. The third-order valence-electron chi connectivity index (χ3n) is 3.88. The van der Waals surface area contributed by atoms with Crippen molar-refractivity contribution in [2.24, 2.45) is 0 Å². The standard InChI is InChI=1S/C19H17ClF4N2O2/c1-2-8-26(17(28)9-11-12(20)4-3-5-13(11)21)10-16(27)25-15-7-6-14(22)18(23)19(15)24/h3-7H,2,8-10H2,1H3,(H,25,27). The molecule has 0 atom stereocenters. The van der Waals surface area contributed by atoms with Crippen LogP contribution < -0.4 is 5.32 Å². The van der Waals surface area contributed by atoms with E-state index in [9.17, 15) is 27.2 Å². The second kappa shape index (κ2) is 9.54. The molecule has 0 heterocycles. The number of benzene rings is 2. The highest BCUT2D eigenvalue weighted by Crippen LogP contribution is 2.21. The smallest absolute Gasteiger partial charge is 0.244 e. The summed E-state index contributed by atoms with van der Waals surface area (Å²) < 4.78 is 53.8. The molecule has 2 aromatic carbocycles.